The standard InChI is InChI=1S/2C34H35FN10O2S.CH3F.CH4/c2*1-4-26-31(42(3)34-40-30(28(16-36)48-34)21-5-8-24(35)9-6-21)45-19-22(7-10-29(45)39-26)23-17-37-33(38-18-23)44-13-11-43(12-14-44)32(47)27-15-25(46)20-41(27)2;1-2;/h2*5-10,17-19,25,27,46H,4,11-15,20H2,1-3H3;1H3;1H4/t2*25-,27+;;/m11../s1/i;;1D;. The number of nitrogens with zero attached hydrogens (tertiary/aromatic N) is 20. The minimum Gasteiger partial charge on any atom is -0.392 e. The third-order valence-electron chi connectivity index (χ3n) is 18.2. The average molecular weight is 1380 g/mol. The van der Waals surface area contributed by atoms with Crippen molar-refractivity contribution in [2.24, 2.45) is 0 Å². The van der Waals surface area contributed by atoms with Crippen molar-refractivity contribution in [1.29, 1.82) is 10.5 Å². The molecule has 12 heterocycles. The van der Waals surface area contributed by atoms with Crippen LogP contribution in [-0.4, -0.2) is 215 Å². The Morgan fingerprint density at radius 2 is 0.909 bits per heavy atom. The number of piperazine rings is 2. The molecular weight excluding hydrogens is 1310 g/mol. The van der Waals surface area contributed by atoms with E-state index in [1.807, 2.05) is 142 Å². The summed E-state index contributed by atoms with van der Waals surface area (Å²) in [4.78, 5) is 80.7. The lowest BCUT2D eigenvalue weighted by molar-refractivity contribution is -0.136. The van der Waals surface area contributed by atoms with Crippen molar-refractivity contribution in [3.05, 3.63) is 143 Å². The van der Waals surface area contributed by atoms with Crippen LogP contribution in [0.2, 0.25) is 0 Å². The zero-order valence-electron chi connectivity index (χ0n) is 55.9. The van der Waals surface area contributed by atoms with Crippen molar-refractivity contribution in [3.63, 3.8) is 0 Å². The van der Waals surface area contributed by atoms with Crippen LogP contribution in [0.25, 0.3) is 56.1 Å². The molecule has 2 N–H and O–H groups in total. The predicted molar refractivity (Wildman–Crippen MR) is 377 cm³/mol. The monoisotopic (exact) mass is 1380 g/mol. The highest BCUT2D eigenvalue weighted by Crippen LogP contribution is 2.40. The summed E-state index contributed by atoms with van der Waals surface area (Å²) in [5.74, 6) is 2.36. The molecule has 0 unspecified atom stereocenters. The maximum atomic E-state index is 13.6. The van der Waals surface area contributed by atoms with E-state index >= 15 is 0 Å². The fraction of sp³-hybridized carbons (Fsp3) is 0.371. The van der Waals surface area contributed by atoms with Crippen molar-refractivity contribution in [2.75, 3.05) is 120 Å². The fourth-order valence-electron chi connectivity index (χ4n) is 13.0. The summed E-state index contributed by atoms with van der Waals surface area (Å²) in [6.07, 6.45) is 12.7. The lowest BCUT2D eigenvalue weighted by Gasteiger charge is -2.36. The molecule has 0 bridgehead atoms. The van der Waals surface area contributed by atoms with Gasteiger partial charge in [-0.15, -0.1) is 0 Å². The van der Waals surface area contributed by atoms with Crippen molar-refractivity contribution in [1.82, 2.24) is 68.3 Å². The number of hydrogen-bond donors (Lipinski definition) is 2. The summed E-state index contributed by atoms with van der Waals surface area (Å²) in [6, 6.07) is 23.8. The minimum atomic E-state index is -1.00. The molecule has 2 aromatic carbocycles. The van der Waals surface area contributed by atoms with Crippen LogP contribution in [0.15, 0.2) is 110 Å². The molecule has 0 aliphatic carbocycles. The molecular formula is C70H77F3N20O4S2. The molecule has 14 rings (SSSR count). The van der Waals surface area contributed by atoms with E-state index in [0.717, 1.165) is 56.6 Å². The number of fused-ring (bicyclic) bond motifs is 2. The predicted octanol–water partition coefficient (Wildman–Crippen LogP) is 9.16. The number of alkyl halides is 1. The fourth-order valence-corrected chi connectivity index (χ4v) is 14.7. The van der Waals surface area contributed by atoms with Gasteiger partial charge in [-0.25, -0.2) is 48.7 Å². The van der Waals surface area contributed by atoms with Gasteiger partial charge in [0.2, 0.25) is 23.7 Å². The molecule has 0 saturated carbocycles. The Bertz CT molecular complexity index is 4320. The van der Waals surface area contributed by atoms with Gasteiger partial charge < -0.3 is 39.6 Å². The van der Waals surface area contributed by atoms with Crippen molar-refractivity contribution < 1.29 is 34.3 Å². The van der Waals surface area contributed by atoms with Crippen LogP contribution >= 0.6 is 22.7 Å². The zero-order valence-corrected chi connectivity index (χ0v) is 56.5. The van der Waals surface area contributed by atoms with Crippen molar-refractivity contribution in [2.45, 2.75) is 71.2 Å². The Hall–Kier alpha value is -10.0. The molecule has 10 aromatic rings. The molecule has 4 atom stereocenters. The number of likely N-dealkylation sites (N-methyl/N-ethyl adjacent to an activating group) is 2. The molecule has 514 valence electrons. The number of anilines is 6. The summed E-state index contributed by atoms with van der Waals surface area (Å²) in [5, 5.41) is 40.9. The van der Waals surface area contributed by atoms with Crippen molar-refractivity contribution >= 4 is 79.6 Å². The molecule has 4 saturated heterocycles. The number of hydrogen-bond acceptors (Lipinski definition) is 22. The Kier molecular flexibility index (Phi) is 21.2. The SMILES string of the molecule is C.CCc1nc2ccc(-c3cnc(N4CCN(C(=O)[C@@H]5C[C@@H](O)CN5C)CC4)nc3)cn2c1N(C)c1nc(-c2ccc(F)cc2)c(C#N)s1.CCc1nc2ccc(-c3cnc(N4CCN(C(=O)[C@@H]5C[C@@H](O)CN5C)CC4)nc3)cn2c1N(C)c1nc(-c2ccc(F)cc2)c(C#N)s1.[2H]CF. The molecule has 2 amide bonds. The Balaban J connectivity index is 0.000000192. The second-order valence-electron chi connectivity index (χ2n) is 24.3. The van der Waals surface area contributed by atoms with E-state index in [-0.39, 0.29) is 43.0 Å². The normalized spacial score (nSPS) is 18.1. The molecule has 8 aromatic heterocycles. The van der Waals surface area contributed by atoms with E-state index < -0.39 is 19.4 Å². The van der Waals surface area contributed by atoms with Crippen LogP contribution in [0, 0.1) is 34.3 Å². The number of nitriles is 2. The highest BCUT2D eigenvalue weighted by Gasteiger charge is 2.39. The number of amides is 2. The van der Waals surface area contributed by atoms with E-state index in [4.69, 9.17) is 21.3 Å². The van der Waals surface area contributed by atoms with Crippen LogP contribution in [0.4, 0.5) is 47.0 Å². The van der Waals surface area contributed by atoms with Crippen LogP contribution in [0.3, 0.4) is 0 Å². The third kappa shape index (κ3) is 14.5. The van der Waals surface area contributed by atoms with Crippen LogP contribution < -0.4 is 19.6 Å². The number of thiazole rings is 2. The number of aromatic nitrogens is 10. The number of β-amino-alcohol motifs (C(OH)–C–C–N with tert-alkyl or cyclic N) is 2. The molecule has 4 aliphatic rings. The largest absolute Gasteiger partial charge is 0.392 e. The molecule has 4 aliphatic heterocycles. The first-order valence-corrected chi connectivity index (χ1v) is 33.7. The molecule has 4 fully saturated rings. The van der Waals surface area contributed by atoms with Gasteiger partial charge in [-0.1, -0.05) is 43.9 Å². The van der Waals surface area contributed by atoms with Gasteiger partial charge in [-0.3, -0.25) is 32.6 Å². The van der Waals surface area contributed by atoms with Crippen LogP contribution in [0.5, 0.6) is 0 Å². The second kappa shape index (κ2) is 30.4. The number of imidazole rings is 2. The van der Waals surface area contributed by atoms with Crippen molar-refractivity contribution in [3.8, 4) is 56.9 Å². The maximum absolute atomic E-state index is 13.6. The summed E-state index contributed by atoms with van der Waals surface area (Å²) < 4.78 is 46.7. The number of pyridine rings is 2. The van der Waals surface area contributed by atoms with Gasteiger partial charge in [0.25, 0.3) is 0 Å². The smallest absolute Gasteiger partial charge is 0.240 e. The molecule has 29 heteroatoms. The quantitative estimate of drug-likeness (QED) is 0.103. The topological polar surface area (TPSA) is 260 Å². The highest BCUT2D eigenvalue weighted by molar-refractivity contribution is 7.17. The van der Waals surface area contributed by atoms with Gasteiger partial charge >= 0.3 is 0 Å². The molecule has 24 nitrogen and oxygen atoms in total. The number of rotatable bonds is 14. The first kappa shape index (κ1) is 68.9. The highest BCUT2D eigenvalue weighted by atomic mass is 32.1. The van der Waals surface area contributed by atoms with Gasteiger partial charge in [0.05, 0.1) is 44.2 Å². The number of likely N-dealkylation sites (tertiary alicyclic amines) is 2. The van der Waals surface area contributed by atoms with Gasteiger partial charge in [-0.2, -0.15) is 10.5 Å². The molecule has 99 heavy (non-hydrogen) atoms. The average Bonchev–Trinajstić information content (AvgIpc) is 1.61. The van der Waals surface area contributed by atoms with E-state index in [1.54, 1.807) is 24.3 Å². The third-order valence-corrected chi connectivity index (χ3v) is 20.3. The number of benzene rings is 2. The van der Waals surface area contributed by atoms with Gasteiger partial charge in [0, 0.05) is 150 Å². The summed E-state index contributed by atoms with van der Waals surface area (Å²) in [5.41, 5.74) is 9.21. The van der Waals surface area contributed by atoms with Gasteiger partial charge in [0.1, 0.15) is 67.8 Å². The first-order chi connectivity index (χ1) is 47.9. The van der Waals surface area contributed by atoms with E-state index in [1.165, 1.54) is 46.9 Å². The number of aliphatic hydroxyl groups excluding tert-OH is 2. The lowest BCUT2D eigenvalue weighted by Crippen LogP contribution is -2.53. The Morgan fingerprint density at radius 3 is 1.22 bits per heavy atom. The minimum absolute atomic E-state index is 0. The Labute approximate surface area is 581 Å². The summed E-state index contributed by atoms with van der Waals surface area (Å²) >= 11 is 2.55. The van der Waals surface area contributed by atoms with E-state index in [0.29, 0.717) is 146 Å². The maximum Gasteiger partial charge on any atom is 0.240 e. The molecule has 0 spiro atoms. The number of aryl methyl sites for hydroxylation is 2. The Morgan fingerprint density at radius 1 is 0.566 bits per heavy atom. The molecule has 0 radical (unpaired) electrons. The number of carbonyl (C=O) groups excluding carboxylic acids is 2. The summed E-state index contributed by atoms with van der Waals surface area (Å²) in [6.45, 7) is 10.0. The van der Waals surface area contributed by atoms with E-state index in [9.17, 15) is 43.5 Å². The number of carbonyl (C=O) groups is 2. The van der Waals surface area contributed by atoms with Gasteiger partial charge in [-0.05, 0) is 113 Å². The second-order valence-corrected chi connectivity index (χ2v) is 26.3. The van der Waals surface area contributed by atoms with E-state index in [2.05, 4.69) is 41.9 Å². The summed E-state index contributed by atoms with van der Waals surface area (Å²) in [7, 11) is 6.58. The van der Waals surface area contributed by atoms with Gasteiger partial charge in [0.15, 0.2) is 10.3 Å². The number of halogens is 3. The van der Waals surface area contributed by atoms with Crippen LogP contribution in [-0.2, 0) is 22.4 Å². The van der Waals surface area contributed by atoms with Crippen LogP contribution in [0.1, 0.15) is 56.6 Å². The lowest BCUT2D eigenvalue weighted by atomic mass is 10.1. The first-order valence-electron chi connectivity index (χ1n) is 32.8. The zero-order chi connectivity index (χ0) is 69.8. The number of aliphatic hydroxyl groups is 2.